The Balaban J connectivity index is 1.82. The molecule has 0 saturated carbocycles. The zero-order chi connectivity index (χ0) is 23.1. The molecule has 3 rings (SSSR count). The highest BCUT2D eigenvalue weighted by Gasteiger charge is 2.12. The van der Waals surface area contributed by atoms with Crippen molar-refractivity contribution < 1.29 is 9.23 Å². The monoisotopic (exact) mass is 549 g/mol. The average molecular weight is 549 g/mol. The second-order valence-electron chi connectivity index (χ2n) is 7.27. The fraction of sp³-hybridized carbons (Fsp3) is 0.227. The largest absolute Gasteiger partial charge is 0.393 e. The van der Waals surface area contributed by atoms with E-state index in [-0.39, 0.29) is 17.7 Å². The normalized spacial score (nSPS) is 11.2. The van der Waals surface area contributed by atoms with Gasteiger partial charge in [0.05, 0.1) is 24.0 Å². The number of hydrogen-bond donors (Lipinski definition) is 3. The van der Waals surface area contributed by atoms with Crippen LogP contribution in [0.5, 0.6) is 0 Å². The maximum absolute atomic E-state index is 13.5. The molecule has 0 aliphatic carbocycles. The van der Waals surface area contributed by atoms with Gasteiger partial charge in [-0.1, -0.05) is 39.9 Å². The van der Waals surface area contributed by atoms with Gasteiger partial charge >= 0.3 is 0 Å². The lowest BCUT2D eigenvalue weighted by Gasteiger charge is -2.22. The quantitative estimate of drug-likeness (QED) is 0.118. The molecule has 1 heterocycles. The van der Waals surface area contributed by atoms with Gasteiger partial charge in [0, 0.05) is 10.1 Å². The number of oxime groups is 1. The molecular weight excluding hydrogens is 524 g/mol. The number of halogens is 2. The summed E-state index contributed by atoms with van der Waals surface area (Å²) in [5.41, 5.74) is 9.99. The first kappa shape index (κ1) is 23.7. The van der Waals surface area contributed by atoms with Crippen LogP contribution in [-0.4, -0.2) is 22.3 Å². The third-order valence-electron chi connectivity index (χ3n) is 4.41. The number of nitrogens with one attached hydrogen (secondary N) is 1. The van der Waals surface area contributed by atoms with Crippen LogP contribution in [0.25, 0.3) is 0 Å². The molecule has 0 saturated heterocycles. The number of benzene rings is 2. The number of alkyl halides is 1. The molecule has 0 radical (unpaired) electrons. The van der Waals surface area contributed by atoms with E-state index in [4.69, 9.17) is 16.4 Å². The first-order chi connectivity index (χ1) is 15.4. The van der Waals surface area contributed by atoms with Crippen LogP contribution in [-0.2, 0) is 15.8 Å². The Kier molecular flexibility index (Phi) is 8.17. The van der Waals surface area contributed by atoms with Crippen molar-refractivity contribution in [2.75, 3.05) is 16.1 Å². The zero-order valence-corrected chi connectivity index (χ0v) is 20.0. The van der Waals surface area contributed by atoms with Gasteiger partial charge in [-0.15, -0.1) is 0 Å². The minimum Gasteiger partial charge on any atom is -0.393 e. The third-order valence-corrected chi connectivity index (χ3v) is 5.23. The van der Waals surface area contributed by atoms with Crippen molar-refractivity contribution in [1.29, 1.82) is 0 Å². The van der Waals surface area contributed by atoms with Crippen LogP contribution in [0.3, 0.4) is 0 Å². The second-order valence-corrected chi connectivity index (χ2v) is 8.03. The lowest BCUT2D eigenvalue weighted by atomic mass is 10.1. The van der Waals surface area contributed by atoms with E-state index in [0.717, 1.165) is 26.9 Å². The Morgan fingerprint density at radius 2 is 2.06 bits per heavy atom. The van der Waals surface area contributed by atoms with Gasteiger partial charge in [-0.3, -0.25) is 0 Å². The summed E-state index contributed by atoms with van der Waals surface area (Å²) in [4.78, 5) is 13.5. The predicted molar refractivity (Wildman–Crippen MR) is 134 cm³/mol. The summed E-state index contributed by atoms with van der Waals surface area (Å²) in [6.45, 7) is 4.14. The van der Waals surface area contributed by atoms with E-state index in [0.29, 0.717) is 17.9 Å². The number of hydrogen-bond acceptors (Lipinski definition) is 8. The SMILES string of the molecule is CC(C)O/N=C/c1c(N)ncnc1Nc1ccc(N(N)Cc2cccc(F)c2)c(CI)c1. The summed E-state index contributed by atoms with van der Waals surface area (Å²) < 4.78 is 14.2. The number of rotatable bonds is 9. The first-order valence-electron chi connectivity index (χ1n) is 9.89. The highest BCUT2D eigenvalue weighted by Crippen LogP contribution is 2.28. The van der Waals surface area contributed by atoms with Gasteiger partial charge in [0.25, 0.3) is 0 Å². The lowest BCUT2D eigenvalue weighted by molar-refractivity contribution is 0.0874. The molecule has 0 atom stereocenters. The van der Waals surface area contributed by atoms with Crippen LogP contribution < -0.4 is 21.9 Å². The molecule has 10 heteroatoms. The topological polar surface area (TPSA) is 115 Å². The van der Waals surface area contributed by atoms with Crippen LogP contribution in [0, 0.1) is 5.82 Å². The Morgan fingerprint density at radius 3 is 2.78 bits per heavy atom. The maximum Gasteiger partial charge on any atom is 0.144 e. The van der Waals surface area contributed by atoms with Crippen LogP contribution in [0.1, 0.15) is 30.5 Å². The molecule has 3 aromatic rings. The van der Waals surface area contributed by atoms with Crippen molar-refractivity contribution in [3.8, 4) is 0 Å². The Labute approximate surface area is 200 Å². The van der Waals surface area contributed by atoms with Gasteiger partial charge in [0.15, 0.2) is 0 Å². The highest BCUT2D eigenvalue weighted by molar-refractivity contribution is 14.1. The van der Waals surface area contributed by atoms with E-state index in [2.05, 4.69) is 43.0 Å². The molecule has 0 amide bonds. The summed E-state index contributed by atoms with van der Waals surface area (Å²) >= 11 is 2.28. The standard InChI is InChI=1S/C22H25FIN7O/c1-14(2)32-29-11-19-21(25)27-13-28-22(19)30-18-6-7-20(16(9-18)10-24)31(26)12-15-4-3-5-17(23)8-15/h3-9,11,13-14H,10,12,26H2,1-2H3,(H3,25,27,28,30)/b29-11+. The summed E-state index contributed by atoms with van der Waals surface area (Å²) in [6.07, 6.45) is 2.82. The average Bonchev–Trinajstić information content (AvgIpc) is 2.75. The minimum absolute atomic E-state index is 0.0566. The van der Waals surface area contributed by atoms with E-state index in [1.165, 1.54) is 24.7 Å². The molecule has 5 N–H and O–H groups in total. The van der Waals surface area contributed by atoms with Gasteiger partial charge < -0.3 is 20.9 Å². The van der Waals surface area contributed by atoms with Crippen molar-refractivity contribution in [1.82, 2.24) is 9.97 Å². The van der Waals surface area contributed by atoms with Crippen molar-refractivity contribution in [2.45, 2.75) is 30.9 Å². The molecule has 8 nitrogen and oxygen atoms in total. The molecule has 1 aromatic heterocycles. The fourth-order valence-corrected chi connectivity index (χ4v) is 3.56. The highest BCUT2D eigenvalue weighted by atomic mass is 127. The van der Waals surface area contributed by atoms with Crippen LogP contribution in [0.2, 0.25) is 0 Å². The van der Waals surface area contributed by atoms with Gasteiger partial charge in [-0.25, -0.2) is 20.2 Å². The number of anilines is 4. The molecule has 0 fully saturated rings. The van der Waals surface area contributed by atoms with Gasteiger partial charge in [-0.05, 0) is 55.3 Å². The van der Waals surface area contributed by atoms with E-state index >= 15 is 0 Å². The van der Waals surface area contributed by atoms with Gasteiger partial charge in [-0.2, -0.15) is 0 Å². The number of hydrazine groups is 1. The molecule has 2 aromatic carbocycles. The van der Waals surface area contributed by atoms with Crippen molar-refractivity contribution in [3.63, 3.8) is 0 Å². The number of aromatic nitrogens is 2. The van der Waals surface area contributed by atoms with Crippen LogP contribution in [0.4, 0.5) is 27.4 Å². The summed E-state index contributed by atoms with van der Waals surface area (Å²) in [6, 6.07) is 12.2. The molecule has 0 aliphatic heterocycles. The second kappa shape index (κ2) is 11.0. The Hall–Kier alpha value is -2.99. The number of nitrogen functional groups attached to an aromatic ring is 1. The summed E-state index contributed by atoms with van der Waals surface area (Å²) in [7, 11) is 0. The van der Waals surface area contributed by atoms with E-state index in [9.17, 15) is 4.39 Å². The molecule has 0 unspecified atom stereocenters. The maximum atomic E-state index is 13.5. The van der Waals surface area contributed by atoms with Gasteiger partial charge in [0.1, 0.15) is 29.9 Å². The summed E-state index contributed by atoms with van der Waals surface area (Å²) in [5.74, 6) is 6.80. The third kappa shape index (κ3) is 6.26. The van der Waals surface area contributed by atoms with E-state index < -0.39 is 0 Å². The lowest BCUT2D eigenvalue weighted by Crippen LogP contribution is -2.31. The van der Waals surface area contributed by atoms with E-state index in [1.807, 2.05) is 38.1 Å². The molecule has 0 aliphatic rings. The fourth-order valence-electron chi connectivity index (χ4n) is 2.95. The molecule has 0 bridgehead atoms. The van der Waals surface area contributed by atoms with Gasteiger partial charge in [0.2, 0.25) is 0 Å². The molecular formula is C22H25FIN7O. The summed E-state index contributed by atoms with van der Waals surface area (Å²) in [5, 5.41) is 8.81. The zero-order valence-electron chi connectivity index (χ0n) is 17.8. The number of nitrogens with two attached hydrogens (primary N) is 2. The molecule has 32 heavy (non-hydrogen) atoms. The number of nitrogens with zero attached hydrogens (tertiary/aromatic N) is 4. The smallest absolute Gasteiger partial charge is 0.144 e. The van der Waals surface area contributed by atoms with Crippen LogP contribution in [0.15, 0.2) is 53.9 Å². The predicted octanol–water partition coefficient (Wildman–Crippen LogP) is 4.52. The molecule has 168 valence electrons. The first-order valence-corrected chi connectivity index (χ1v) is 11.4. The van der Waals surface area contributed by atoms with Crippen molar-refractivity contribution in [3.05, 3.63) is 71.3 Å². The Morgan fingerprint density at radius 1 is 1.25 bits per heavy atom. The Bertz CT molecular complexity index is 1090. The van der Waals surface area contributed by atoms with Crippen LogP contribution >= 0.6 is 22.6 Å². The van der Waals surface area contributed by atoms with E-state index in [1.54, 1.807) is 11.1 Å². The van der Waals surface area contributed by atoms with Crippen molar-refractivity contribution >= 4 is 51.8 Å². The molecule has 0 spiro atoms. The van der Waals surface area contributed by atoms with Crippen molar-refractivity contribution in [2.24, 2.45) is 11.0 Å². The minimum atomic E-state index is -0.285.